The molecule has 2 saturated heterocycles. The standard InChI is InChI=1S/C19H28N2O3/c1-15-5-6-16(14-18(15)23-2)19(22)21-11-9-20(10-12-21)8-7-17-4-3-13-24-17/h5-6,14,17H,3-4,7-13H2,1-2H3. The maximum Gasteiger partial charge on any atom is 0.254 e. The Morgan fingerprint density at radius 3 is 2.75 bits per heavy atom. The predicted molar refractivity (Wildman–Crippen MR) is 93.7 cm³/mol. The van der Waals surface area contributed by atoms with Crippen LogP contribution in [0.15, 0.2) is 18.2 Å². The van der Waals surface area contributed by atoms with Crippen LogP contribution in [0.5, 0.6) is 5.75 Å². The van der Waals surface area contributed by atoms with E-state index in [0.29, 0.717) is 11.7 Å². The highest BCUT2D eigenvalue weighted by Gasteiger charge is 2.24. The molecule has 2 aliphatic rings. The van der Waals surface area contributed by atoms with E-state index in [9.17, 15) is 4.79 Å². The Kier molecular flexibility index (Phi) is 5.74. The highest BCUT2D eigenvalue weighted by Crippen LogP contribution is 2.21. The van der Waals surface area contributed by atoms with Crippen LogP contribution in [0.25, 0.3) is 0 Å². The monoisotopic (exact) mass is 332 g/mol. The van der Waals surface area contributed by atoms with Crippen LogP contribution < -0.4 is 4.74 Å². The molecule has 0 N–H and O–H groups in total. The minimum Gasteiger partial charge on any atom is -0.496 e. The highest BCUT2D eigenvalue weighted by atomic mass is 16.5. The van der Waals surface area contributed by atoms with Crippen molar-refractivity contribution in [3.63, 3.8) is 0 Å². The van der Waals surface area contributed by atoms with E-state index in [-0.39, 0.29) is 5.91 Å². The zero-order valence-corrected chi connectivity index (χ0v) is 14.8. The lowest BCUT2D eigenvalue weighted by molar-refractivity contribution is 0.0575. The zero-order valence-electron chi connectivity index (χ0n) is 14.8. The minimum atomic E-state index is 0.104. The molecule has 5 nitrogen and oxygen atoms in total. The summed E-state index contributed by atoms with van der Waals surface area (Å²) in [6, 6.07) is 5.69. The van der Waals surface area contributed by atoms with Crippen LogP contribution in [0.4, 0.5) is 0 Å². The van der Waals surface area contributed by atoms with E-state index in [4.69, 9.17) is 9.47 Å². The second-order valence-electron chi connectivity index (χ2n) is 6.74. The second kappa shape index (κ2) is 7.99. The third-order valence-electron chi connectivity index (χ3n) is 5.11. The van der Waals surface area contributed by atoms with Crippen LogP contribution in [0.3, 0.4) is 0 Å². The van der Waals surface area contributed by atoms with Gasteiger partial charge in [-0.05, 0) is 43.9 Å². The molecule has 3 rings (SSSR count). The molecular formula is C19H28N2O3. The number of nitrogens with zero attached hydrogens (tertiary/aromatic N) is 2. The average molecular weight is 332 g/mol. The molecule has 5 heteroatoms. The van der Waals surface area contributed by atoms with E-state index >= 15 is 0 Å². The van der Waals surface area contributed by atoms with Gasteiger partial charge in [-0.15, -0.1) is 0 Å². The topological polar surface area (TPSA) is 42.0 Å². The van der Waals surface area contributed by atoms with Crippen LogP contribution in [-0.2, 0) is 4.74 Å². The zero-order chi connectivity index (χ0) is 16.9. The normalized spacial score (nSPS) is 21.9. The molecule has 0 spiro atoms. The van der Waals surface area contributed by atoms with E-state index in [1.165, 1.54) is 12.8 Å². The lowest BCUT2D eigenvalue weighted by Gasteiger charge is -2.35. The first-order chi connectivity index (χ1) is 11.7. The summed E-state index contributed by atoms with van der Waals surface area (Å²) < 4.78 is 11.0. The van der Waals surface area contributed by atoms with Gasteiger partial charge in [0, 0.05) is 44.9 Å². The van der Waals surface area contributed by atoms with Gasteiger partial charge in [-0.1, -0.05) is 6.07 Å². The quantitative estimate of drug-likeness (QED) is 0.830. The van der Waals surface area contributed by atoms with E-state index in [2.05, 4.69) is 4.90 Å². The Morgan fingerprint density at radius 1 is 1.29 bits per heavy atom. The fourth-order valence-corrected chi connectivity index (χ4v) is 3.51. The van der Waals surface area contributed by atoms with Crippen molar-refractivity contribution in [1.82, 2.24) is 9.80 Å². The SMILES string of the molecule is COc1cc(C(=O)N2CCN(CCC3CCCO3)CC2)ccc1C. The van der Waals surface area contributed by atoms with Crippen molar-refractivity contribution >= 4 is 5.91 Å². The summed E-state index contributed by atoms with van der Waals surface area (Å²) in [5.74, 6) is 0.878. The number of carbonyl (C=O) groups is 1. The minimum absolute atomic E-state index is 0.104. The van der Waals surface area contributed by atoms with E-state index in [1.807, 2.05) is 30.0 Å². The Hall–Kier alpha value is -1.59. The summed E-state index contributed by atoms with van der Waals surface area (Å²) >= 11 is 0. The molecule has 1 aromatic carbocycles. The van der Waals surface area contributed by atoms with Crippen molar-refractivity contribution < 1.29 is 14.3 Å². The van der Waals surface area contributed by atoms with Crippen molar-refractivity contribution in [3.05, 3.63) is 29.3 Å². The molecule has 0 aliphatic carbocycles. The fourth-order valence-electron chi connectivity index (χ4n) is 3.51. The van der Waals surface area contributed by atoms with Gasteiger partial charge in [0.1, 0.15) is 5.75 Å². The van der Waals surface area contributed by atoms with Gasteiger partial charge in [0.15, 0.2) is 0 Å². The van der Waals surface area contributed by atoms with Gasteiger partial charge >= 0.3 is 0 Å². The van der Waals surface area contributed by atoms with Gasteiger partial charge in [-0.3, -0.25) is 9.69 Å². The summed E-state index contributed by atoms with van der Waals surface area (Å²) in [4.78, 5) is 17.1. The first-order valence-electron chi connectivity index (χ1n) is 8.95. The lowest BCUT2D eigenvalue weighted by Crippen LogP contribution is -2.49. The number of aryl methyl sites for hydroxylation is 1. The first-order valence-corrected chi connectivity index (χ1v) is 8.95. The van der Waals surface area contributed by atoms with E-state index in [0.717, 1.165) is 57.1 Å². The molecule has 24 heavy (non-hydrogen) atoms. The maximum absolute atomic E-state index is 12.7. The van der Waals surface area contributed by atoms with Gasteiger partial charge in [0.2, 0.25) is 0 Å². The fraction of sp³-hybridized carbons (Fsp3) is 0.632. The van der Waals surface area contributed by atoms with E-state index < -0.39 is 0 Å². The number of benzene rings is 1. The van der Waals surface area contributed by atoms with Crippen molar-refractivity contribution in [3.8, 4) is 5.75 Å². The van der Waals surface area contributed by atoms with Crippen LogP contribution >= 0.6 is 0 Å². The summed E-state index contributed by atoms with van der Waals surface area (Å²) in [5.41, 5.74) is 1.76. The number of piperazine rings is 1. The Morgan fingerprint density at radius 2 is 2.08 bits per heavy atom. The Labute approximate surface area is 144 Å². The Bertz CT molecular complexity index is 562. The van der Waals surface area contributed by atoms with Gasteiger partial charge in [0.05, 0.1) is 13.2 Å². The molecule has 1 amide bonds. The van der Waals surface area contributed by atoms with Gasteiger partial charge in [0.25, 0.3) is 5.91 Å². The second-order valence-corrected chi connectivity index (χ2v) is 6.74. The van der Waals surface area contributed by atoms with Crippen molar-refractivity contribution in [1.29, 1.82) is 0 Å². The van der Waals surface area contributed by atoms with Crippen molar-refractivity contribution in [2.24, 2.45) is 0 Å². The molecule has 2 aliphatic heterocycles. The van der Waals surface area contributed by atoms with Crippen LogP contribution in [0.2, 0.25) is 0 Å². The molecule has 1 aromatic rings. The lowest BCUT2D eigenvalue weighted by atomic mass is 10.1. The molecule has 0 bridgehead atoms. The van der Waals surface area contributed by atoms with Gasteiger partial charge < -0.3 is 14.4 Å². The number of carbonyl (C=O) groups excluding carboxylic acids is 1. The molecule has 0 radical (unpaired) electrons. The third-order valence-corrected chi connectivity index (χ3v) is 5.11. The van der Waals surface area contributed by atoms with Gasteiger partial charge in [-0.25, -0.2) is 0 Å². The number of hydrogen-bond acceptors (Lipinski definition) is 4. The largest absolute Gasteiger partial charge is 0.496 e. The van der Waals surface area contributed by atoms with E-state index in [1.54, 1.807) is 7.11 Å². The number of methoxy groups -OCH3 is 1. The first kappa shape index (κ1) is 17.2. The Balaban J connectivity index is 1.49. The molecule has 2 heterocycles. The molecule has 0 saturated carbocycles. The molecule has 1 unspecified atom stereocenters. The number of ether oxygens (including phenoxy) is 2. The summed E-state index contributed by atoms with van der Waals surface area (Å²) in [6.07, 6.45) is 3.97. The third kappa shape index (κ3) is 4.08. The number of amides is 1. The summed E-state index contributed by atoms with van der Waals surface area (Å²) in [6.45, 7) is 7.46. The smallest absolute Gasteiger partial charge is 0.254 e. The van der Waals surface area contributed by atoms with Crippen LogP contribution in [0, 0.1) is 6.92 Å². The summed E-state index contributed by atoms with van der Waals surface area (Å²) in [5, 5.41) is 0. The van der Waals surface area contributed by atoms with Crippen molar-refractivity contribution in [2.75, 3.05) is 46.4 Å². The number of rotatable bonds is 5. The molecule has 132 valence electrons. The predicted octanol–water partition coefficient (Wildman–Crippen LogP) is 2.33. The molecular weight excluding hydrogens is 304 g/mol. The number of hydrogen-bond donors (Lipinski definition) is 0. The molecule has 0 aromatic heterocycles. The van der Waals surface area contributed by atoms with Crippen LogP contribution in [-0.4, -0.2) is 68.3 Å². The van der Waals surface area contributed by atoms with Gasteiger partial charge in [-0.2, -0.15) is 0 Å². The summed E-state index contributed by atoms with van der Waals surface area (Å²) in [7, 11) is 1.64. The molecule has 2 fully saturated rings. The molecule has 1 atom stereocenters. The maximum atomic E-state index is 12.7. The van der Waals surface area contributed by atoms with Crippen LogP contribution in [0.1, 0.15) is 35.2 Å². The highest BCUT2D eigenvalue weighted by molar-refractivity contribution is 5.94. The average Bonchev–Trinajstić information content (AvgIpc) is 3.14. The van der Waals surface area contributed by atoms with Crippen molar-refractivity contribution in [2.45, 2.75) is 32.3 Å².